The highest BCUT2D eigenvalue weighted by Gasteiger charge is 2.40. The summed E-state index contributed by atoms with van der Waals surface area (Å²) in [5, 5.41) is 6.00. The van der Waals surface area contributed by atoms with Crippen LogP contribution < -0.4 is 10.6 Å². The Kier molecular flexibility index (Phi) is 15.9. The molecule has 2 aromatic rings. The van der Waals surface area contributed by atoms with Gasteiger partial charge in [0.15, 0.2) is 0 Å². The predicted octanol–water partition coefficient (Wildman–Crippen LogP) is 8.19. The van der Waals surface area contributed by atoms with Gasteiger partial charge in [0.05, 0.1) is 7.11 Å². The van der Waals surface area contributed by atoms with E-state index in [-0.39, 0.29) is 18.5 Å². The molecule has 0 bridgehead atoms. The molecule has 2 amide bonds. The summed E-state index contributed by atoms with van der Waals surface area (Å²) in [6, 6.07) is 15.7. The molecule has 0 radical (unpaired) electrons. The van der Waals surface area contributed by atoms with Crippen LogP contribution in [0, 0.1) is 5.41 Å². The van der Waals surface area contributed by atoms with Crippen LogP contribution in [0.4, 0.5) is 10.5 Å². The van der Waals surface area contributed by atoms with Crippen molar-refractivity contribution in [1.82, 2.24) is 10.2 Å². The average Bonchev–Trinajstić information content (AvgIpc) is 3.76. The van der Waals surface area contributed by atoms with Gasteiger partial charge in [-0.2, -0.15) is 11.8 Å². The minimum Gasteiger partial charge on any atom is -0.453 e. The molecule has 2 fully saturated rings. The molecule has 1 saturated carbocycles. The van der Waals surface area contributed by atoms with Crippen LogP contribution in [-0.2, 0) is 22.4 Å². The van der Waals surface area contributed by atoms with Gasteiger partial charge < -0.3 is 20.3 Å². The number of methoxy groups -OCH3 is 1. The number of nitrogens with zero attached hydrogens (tertiary/aromatic N) is 1. The molecular formula is C35H55N3O3S. The monoisotopic (exact) mass is 597 g/mol. The Labute approximate surface area is 259 Å². The molecule has 5 rings (SSSR count). The lowest BCUT2D eigenvalue weighted by molar-refractivity contribution is -0.130. The molecule has 1 saturated heterocycles. The van der Waals surface area contributed by atoms with Crippen LogP contribution in [0.2, 0.25) is 0 Å². The number of anilines is 1. The molecule has 234 valence electrons. The Morgan fingerprint density at radius 2 is 1.64 bits per heavy atom. The first kappa shape index (κ1) is 35.5. The predicted molar refractivity (Wildman–Crippen MR) is 181 cm³/mol. The number of hydrogen-bond donors (Lipinski definition) is 2. The second-order valence-corrected chi connectivity index (χ2v) is 12.1. The molecule has 1 heterocycles. The van der Waals surface area contributed by atoms with Crippen molar-refractivity contribution in [3.8, 4) is 11.1 Å². The number of carbonyl (C=O) groups is 2. The van der Waals surface area contributed by atoms with E-state index in [1.165, 1.54) is 63.2 Å². The van der Waals surface area contributed by atoms with E-state index in [2.05, 4.69) is 71.7 Å². The fourth-order valence-electron chi connectivity index (χ4n) is 6.30. The maximum absolute atomic E-state index is 12.5. The Morgan fingerprint density at radius 3 is 2.26 bits per heavy atom. The third-order valence-corrected chi connectivity index (χ3v) is 8.06. The lowest BCUT2D eigenvalue weighted by Crippen LogP contribution is -2.44. The third-order valence-electron chi connectivity index (χ3n) is 8.06. The van der Waals surface area contributed by atoms with Crippen LogP contribution in [0.25, 0.3) is 11.1 Å². The quantitative estimate of drug-likeness (QED) is 0.351. The smallest absolute Gasteiger partial charge is 0.407 e. The van der Waals surface area contributed by atoms with Crippen molar-refractivity contribution in [2.24, 2.45) is 5.41 Å². The number of nitrogens with one attached hydrogen (secondary N) is 2. The number of likely N-dealkylation sites (tertiary alicyclic amines) is 1. The lowest BCUT2D eigenvalue weighted by atomic mass is 9.83. The van der Waals surface area contributed by atoms with E-state index in [1.807, 2.05) is 31.3 Å². The summed E-state index contributed by atoms with van der Waals surface area (Å²) < 4.78 is 4.55. The van der Waals surface area contributed by atoms with Gasteiger partial charge in [0.1, 0.15) is 6.54 Å². The van der Waals surface area contributed by atoms with Crippen LogP contribution in [0.15, 0.2) is 42.5 Å². The van der Waals surface area contributed by atoms with Gasteiger partial charge in [0.2, 0.25) is 5.91 Å². The molecule has 42 heavy (non-hydrogen) atoms. The van der Waals surface area contributed by atoms with E-state index in [0.717, 1.165) is 25.1 Å². The standard InChI is InChI=1S/C28H35N3O3.C3H8.C2H6S.C2H6/c1-34-27(33)30-19-26(32)31-15-5-7-23(31)18-29-22-11-9-20(10-12-22)24-8-4-6-21-16-28(17-25(21)24)13-2-3-14-28;2*1-3-2;1-2/h4,6,8-12,23,29H,2-3,5,7,13-19H2,1H3,(H,30,33);3H2,1-2H3;1-2H3;1-2H3/t23-;;;/m0.../s1. The zero-order chi connectivity index (χ0) is 31.0. The molecule has 2 aromatic carbocycles. The number of hydrogen-bond acceptors (Lipinski definition) is 5. The van der Waals surface area contributed by atoms with Crippen molar-refractivity contribution in [2.75, 3.05) is 44.6 Å². The highest BCUT2D eigenvalue weighted by Crippen LogP contribution is 2.50. The van der Waals surface area contributed by atoms with Crippen LogP contribution in [0.3, 0.4) is 0 Å². The molecule has 7 heteroatoms. The van der Waals surface area contributed by atoms with E-state index >= 15 is 0 Å². The van der Waals surface area contributed by atoms with Gasteiger partial charge in [-0.1, -0.05) is 77.3 Å². The summed E-state index contributed by atoms with van der Waals surface area (Å²) in [7, 11) is 1.30. The first-order chi connectivity index (χ1) is 20.4. The van der Waals surface area contributed by atoms with Crippen molar-refractivity contribution >= 4 is 29.4 Å². The SMILES string of the molecule is CC.CCC.COC(=O)NCC(=O)N1CCC[C@H]1CNc1ccc(-c2cccc3c2CC2(CCCC2)C3)cc1.CSC. The van der Waals surface area contributed by atoms with Gasteiger partial charge in [-0.25, -0.2) is 4.79 Å². The van der Waals surface area contributed by atoms with E-state index in [4.69, 9.17) is 0 Å². The van der Waals surface area contributed by atoms with E-state index < -0.39 is 6.09 Å². The molecule has 2 N–H and O–H groups in total. The summed E-state index contributed by atoms with van der Waals surface area (Å²) in [5.74, 6) is -0.0667. The van der Waals surface area contributed by atoms with Crippen molar-refractivity contribution in [1.29, 1.82) is 0 Å². The second kappa shape index (κ2) is 18.8. The molecule has 0 unspecified atom stereocenters. The third kappa shape index (κ3) is 9.96. The largest absolute Gasteiger partial charge is 0.453 e. The number of carbonyl (C=O) groups excluding carboxylic acids is 2. The van der Waals surface area contributed by atoms with Crippen LogP contribution >= 0.6 is 11.8 Å². The zero-order valence-corrected chi connectivity index (χ0v) is 28.0. The van der Waals surface area contributed by atoms with Crippen LogP contribution in [-0.4, -0.2) is 62.2 Å². The number of fused-ring (bicyclic) bond motifs is 1. The van der Waals surface area contributed by atoms with Crippen molar-refractivity contribution in [3.05, 3.63) is 53.6 Å². The van der Waals surface area contributed by atoms with Crippen molar-refractivity contribution < 1.29 is 14.3 Å². The minimum absolute atomic E-state index is 0.0272. The molecule has 3 aliphatic rings. The first-order valence-corrected chi connectivity index (χ1v) is 17.5. The summed E-state index contributed by atoms with van der Waals surface area (Å²) >= 11 is 1.75. The number of alkyl carbamates (subject to hydrolysis) is 1. The van der Waals surface area contributed by atoms with Crippen molar-refractivity contribution in [2.45, 2.75) is 91.5 Å². The molecule has 1 spiro atoms. The maximum atomic E-state index is 12.5. The van der Waals surface area contributed by atoms with E-state index in [1.54, 1.807) is 22.9 Å². The second-order valence-electron chi connectivity index (χ2n) is 11.3. The number of amides is 2. The lowest BCUT2D eigenvalue weighted by Gasteiger charge is -2.25. The van der Waals surface area contributed by atoms with Gasteiger partial charge in [-0.05, 0) is 90.8 Å². The zero-order valence-electron chi connectivity index (χ0n) is 27.2. The summed E-state index contributed by atoms with van der Waals surface area (Å²) in [4.78, 5) is 25.6. The highest BCUT2D eigenvalue weighted by atomic mass is 32.2. The Hall–Kier alpha value is -2.67. The van der Waals surface area contributed by atoms with Gasteiger partial charge >= 0.3 is 6.09 Å². The van der Waals surface area contributed by atoms with E-state index in [9.17, 15) is 9.59 Å². The minimum atomic E-state index is -0.579. The van der Waals surface area contributed by atoms with Gasteiger partial charge in [0.25, 0.3) is 0 Å². The molecular weight excluding hydrogens is 542 g/mol. The molecule has 2 aliphatic carbocycles. The van der Waals surface area contributed by atoms with Crippen LogP contribution in [0.5, 0.6) is 0 Å². The summed E-state index contributed by atoms with van der Waals surface area (Å²) in [5.41, 5.74) is 7.37. The normalized spacial score (nSPS) is 17.5. The van der Waals surface area contributed by atoms with Gasteiger partial charge in [-0.3, -0.25) is 4.79 Å². The molecule has 6 nitrogen and oxygen atoms in total. The summed E-state index contributed by atoms with van der Waals surface area (Å²) in [6.45, 7) is 9.65. The highest BCUT2D eigenvalue weighted by molar-refractivity contribution is 7.97. The van der Waals surface area contributed by atoms with Gasteiger partial charge in [-0.15, -0.1) is 0 Å². The maximum Gasteiger partial charge on any atom is 0.407 e. The number of ether oxygens (including phenoxy) is 1. The Balaban J connectivity index is 0.000000699. The molecule has 1 aliphatic heterocycles. The topological polar surface area (TPSA) is 70.7 Å². The number of thioether (sulfide) groups is 1. The Bertz CT molecular complexity index is 1080. The van der Waals surface area contributed by atoms with E-state index in [0.29, 0.717) is 12.0 Å². The Morgan fingerprint density at radius 1 is 1.00 bits per heavy atom. The first-order valence-electron chi connectivity index (χ1n) is 15.9. The number of benzene rings is 2. The van der Waals surface area contributed by atoms with Crippen LogP contribution in [0.1, 0.15) is 83.8 Å². The number of rotatable bonds is 6. The van der Waals surface area contributed by atoms with Crippen molar-refractivity contribution in [3.63, 3.8) is 0 Å². The fourth-order valence-corrected chi connectivity index (χ4v) is 6.30. The fraction of sp³-hybridized carbons (Fsp3) is 0.600. The average molecular weight is 598 g/mol. The van der Waals surface area contributed by atoms with Gasteiger partial charge in [0, 0.05) is 24.8 Å². The summed E-state index contributed by atoms with van der Waals surface area (Å²) in [6.07, 6.45) is 14.7. The molecule has 0 aromatic heterocycles. The molecule has 1 atom stereocenters.